The third-order valence-electron chi connectivity index (χ3n) is 5.66. The van der Waals surface area contributed by atoms with Crippen molar-refractivity contribution < 1.29 is 9.53 Å². The number of piperidine rings is 1. The van der Waals surface area contributed by atoms with Crippen LogP contribution in [0.5, 0.6) is 0 Å². The smallest absolute Gasteiger partial charge is 0.251 e. The van der Waals surface area contributed by atoms with Crippen molar-refractivity contribution in [3.05, 3.63) is 5.51 Å². The summed E-state index contributed by atoms with van der Waals surface area (Å²) in [6, 6.07) is 0. The summed E-state index contributed by atoms with van der Waals surface area (Å²) in [7, 11) is 0. The molecule has 3 aliphatic rings. The fraction of sp³-hybridized carbons (Fsp3) is 0.812. The molecule has 0 saturated carbocycles. The van der Waals surface area contributed by atoms with E-state index in [0.717, 1.165) is 76.4 Å². The average molecular weight is 336 g/mol. The largest absolute Gasteiger partial charge is 0.368 e. The molecule has 1 spiro atoms. The van der Waals surface area contributed by atoms with Gasteiger partial charge in [-0.25, -0.2) is 0 Å². The average Bonchev–Trinajstić information content (AvgIpc) is 3.30. The quantitative estimate of drug-likeness (QED) is 0.826. The molecule has 1 aromatic rings. The molecule has 3 saturated heterocycles. The first-order chi connectivity index (χ1) is 11.3. The number of rotatable bonds is 2. The number of carbonyl (C=O) groups excluding carboxylic acids is 1. The first kappa shape index (κ1) is 15.3. The second-order valence-electron chi connectivity index (χ2n) is 7.08. The molecule has 3 fully saturated rings. The van der Waals surface area contributed by atoms with Gasteiger partial charge in [-0.1, -0.05) is 11.3 Å². The van der Waals surface area contributed by atoms with Crippen LogP contribution in [0.2, 0.25) is 0 Å². The van der Waals surface area contributed by atoms with Crippen LogP contribution < -0.4 is 4.90 Å². The lowest BCUT2D eigenvalue weighted by molar-refractivity contribution is -0.152. The molecule has 0 bridgehead atoms. The Hall–Kier alpha value is -1.21. The second kappa shape index (κ2) is 6.36. The fourth-order valence-corrected chi connectivity index (χ4v) is 4.69. The molecule has 0 aromatic carbocycles. The van der Waals surface area contributed by atoms with Gasteiger partial charge >= 0.3 is 0 Å². The molecule has 6 nitrogen and oxygen atoms in total. The maximum atomic E-state index is 12.5. The Morgan fingerprint density at radius 2 is 2.00 bits per heavy atom. The second-order valence-corrected chi connectivity index (χ2v) is 7.89. The van der Waals surface area contributed by atoms with Crippen molar-refractivity contribution in [1.29, 1.82) is 0 Å². The van der Waals surface area contributed by atoms with Gasteiger partial charge in [0, 0.05) is 26.2 Å². The molecule has 1 atom stereocenters. The summed E-state index contributed by atoms with van der Waals surface area (Å²) < 4.78 is 6.04. The van der Waals surface area contributed by atoms with Crippen molar-refractivity contribution in [3.8, 4) is 0 Å². The molecule has 0 N–H and O–H groups in total. The van der Waals surface area contributed by atoms with E-state index in [1.807, 2.05) is 4.90 Å². The maximum Gasteiger partial charge on any atom is 0.251 e. The summed E-state index contributed by atoms with van der Waals surface area (Å²) in [5.74, 6) is 0.226. The highest BCUT2D eigenvalue weighted by atomic mass is 32.1. The predicted molar refractivity (Wildman–Crippen MR) is 88.6 cm³/mol. The van der Waals surface area contributed by atoms with Crippen LogP contribution >= 0.6 is 11.3 Å². The SMILES string of the molecule is O=C([C@H]1CCC2(CCN(c3nncs3)CC2)CO1)N1CCCC1. The Bertz CT molecular complexity index is 526. The van der Waals surface area contributed by atoms with Gasteiger partial charge in [-0.05, 0) is 43.9 Å². The van der Waals surface area contributed by atoms with Crippen LogP contribution in [0, 0.1) is 5.41 Å². The molecule has 0 unspecified atom stereocenters. The minimum atomic E-state index is -0.195. The van der Waals surface area contributed by atoms with Crippen molar-refractivity contribution in [2.45, 2.75) is 44.6 Å². The zero-order valence-corrected chi connectivity index (χ0v) is 14.3. The number of hydrogen-bond donors (Lipinski definition) is 0. The molecule has 7 heteroatoms. The molecule has 126 valence electrons. The van der Waals surface area contributed by atoms with Crippen LogP contribution in [0.25, 0.3) is 0 Å². The number of amides is 1. The van der Waals surface area contributed by atoms with E-state index >= 15 is 0 Å². The zero-order valence-electron chi connectivity index (χ0n) is 13.4. The van der Waals surface area contributed by atoms with Crippen molar-refractivity contribution in [3.63, 3.8) is 0 Å². The molecule has 23 heavy (non-hydrogen) atoms. The highest BCUT2D eigenvalue weighted by Crippen LogP contribution is 2.41. The number of nitrogens with zero attached hydrogens (tertiary/aromatic N) is 4. The van der Waals surface area contributed by atoms with Crippen molar-refractivity contribution >= 4 is 22.4 Å². The Balaban J connectivity index is 1.30. The standard InChI is InChI=1S/C16H24N4O2S/c21-14(19-7-1-2-8-19)13-3-4-16(11-22-13)5-9-20(10-6-16)15-18-17-12-23-15/h12-13H,1-11H2/t13-/m1/s1. The topological polar surface area (TPSA) is 58.6 Å². The Kier molecular flexibility index (Phi) is 4.24. The first-order valence-corrected chi connectivity index (χ1v) is 9.55. The van der Waals surface area contributed by atoms with Crippen molar-refractivity contribution in [1.82, 2.24) is 15.1 Å². The van der Waals surface area contributed by atoms with Gasteiger partial charge in [0.25, 0.3) is 5.91 Å². The third kappa shape index (κ3) is 3.08. The van der Waals surface area contributed by atoms with E-state index in [1.54, 1.807) is 16.8 Å². The van der Waals surface area contributed by atoms with Crippen LogP contribution in [-0.4, -0.2) is 59.9 Å². The zero-order chi connectivity index (χ0) is 15.7. The van der Waals surface area contributed by atoms with E-state index in [-0.39, 0.29) is 17.4 Å². The van der Waals surface area contributed by atoms with Crippen LogP contribution in [0.4, 0.5) is 5.13 Å². The lowest BCUT2D eigenvalue weighted by Gasteiger charge is -2.45. The highest BCUT2D eigenvalue weighted by Gasteiger charge is 2.41. The van der Waals surface area contributed by atoms with Crippen LogP contribution in [0.1, 0.15) is 38.5 Å². The summed E-state index contributed by atoms with van der Waals surface area (Å²) in [6.07, 6.45) is 6.33. The minimum absolute atomic E-state index is 0.195. The lowest BCUT2D eigenvalue weighted by Crippen LogP contribution is -2.49. The molecule has 4 heterocycles. The van der Waals surface area contributed by atoms with Crippen LogP contribution in [0.3, 0.4) is 0 Å². The van der Waals surface area contributed by atoms with Crippen molar-refractivity contribution in [2.24, 2.45) is 5.41 Å². The number of carbonyl (C=O) groups is 1. The third-order valence-corrected chi connectivity index (χ3v) is 6.41. The van der Waals surface area contributed by atoms with Gasteiger partial charge in [0.15, 0.2) is 0 Å². The molecule has 3 aliphatic heterocycles. The molecular formula is C16H24N4O2S. The molecular weight excluding hydrogens is 312 g/mol. The minimum Gasteiger partial charge on any atom is -0.368 e. The summed E-state index contributed by atoms with van der Waals surface area (Å²) >= 11 is 1.61. The van der Waals surface area contributed by atoms with Gasteiger partial charge in [-0.2, -0.15) is 0 Å². The van der Waals surface area contributed by atoms with E-state index in [9.17, 15) is 4.79 Å². The van der Waals surface area contributed by atoms with Gasteiger partial charge in [0.1, 0.15) is 11.6 Å². The van der Waals surface area contributed by atoms with E-state index in [4.69, 9.17) is 4.74 Å². The Labute approximate surface area is 140 Å². The van der Waals surface area contributed by atoms with Gasteiger partial charge in [-0.3, -0.25) is 4.79 Å². The van der Waals surface area contributed by atoms with E-state index < -0.39 is 0 Å². The summed E-state index contributed by atoms with van der Waals surface area (Å²) in [6.45, 7) is 4.61. The van der Waals surface area contributed by atoms with Crippen LogP contribution in [0.15, 0.2) is 5.51 Å². The molecule has 4 rings (SSSR count). The first-order valence-electron chi connectivity index (χ1n) is 8.67. The molecule has 1 amide bonds. The number of hydrogen-bond acceptors (Lipinski definition) is 6. The van der Waals surface area contributed by atoms with Crippen LogP contribution in [-0.2, 0) is 9.53 Å². The summed E-state index contributed by atoms with van der Waals surface area (Å²) in [5, 5.41) is 9.12. The summed E-state index contributed by atoms with van der Waals surface area (Å²) in [4.78, 5) is 16.8. The molecule has 1 aromatic heterocycles. The van der Waals surface area contributed by atoms with Crippen molar-refractivity contribution in [2.75, 3.05) is 37.7 Å². The van der Waals surface area contributed by atoms with E-state index in [1.165, 1.54) is 0 Å². The number of likely N-dealkylation sites (tertiary alicyclic amines) is 1. The lowest BCUT2D eigenvalue weighted by atomic mass is 9.73. The molecule has 0 radical (unpaired) electrons. The monoisotopic (exact) mass is 336 g/mol. The number of aromatic nitrogens is 2. The summed E-state index contributed by atoms with van der Waals surface area (Å²) in [5.41, 5.74) is 2.06. The van der Waals surface area contributed by atoms with Gasteiger partial charge in [0.2, 0.25) is 5.13 Å². The fourth-order valence-electron chi connectivity index (χ4n) is 4.08. The normalized spacial score (nSPS) is 27.6. The van der Waals surface area contributed by atoms with Gasteiger partial charge in [-0.15, -0.1) is 10.2 Å². The van der Waals surface area contributed by atoms with E-state index in [2.05, 4.69) is 15.1 Å². The number of ether oxygens (including phenoxy) is 1. The molecule has 0 aliphatic carbocycles. The van der Waals surface area contributed by atoms with E-state index in [0.29, 0.717) is 0 Å². The maximum absolute atomic E-state index is 12.5. The Morgan fingerprint density at radius 1 is 1.22 bits per heavy atom. The predicted octanol–water partition coefficient (Wildman–Crippen LogP) is 1.93. The Morgan fingerprint density at radius 3 is 2.61 bits per heavy atom. The van der Waals surface area contributed by atoms with Gasteiger partial charge < -0.3 is 14.5 Å². The van der Waals surface area contributed by atoms with Gasteiger partial charge in [0.05, 0.1) is 6.61 Å². The highest BCUT2D eigenvalue weighted by molar-refractivity contribution is 7.13. The number of anilines is 1.